The quantitative estimate of drug-likeness (QED) is 0.777. The topological polar surface area (TPSA) is 39.4 Å². The van der Waals surface area contributed by atoms with Crippen molar-refractivity contribution in [2.75, 3.05) is 7.11 Å². The molecule has 2 aromatic rings. The predicted octanol–water partition coefficient (Wildman–Crippen LogP) is 4.12. The highest BCUT2D eigenvalue weighted by Gasteiger charge is 2.28. The Balaban J connectivity index is 2.03. The largest absolute Gasteiger partial charge is 0.497 e. The van der Waals surface area contributed by atoms with Crippen molar-refractivity contribution < 1.29 is 13.9 Å². The van der Waals surface area contributed by atoms with Crippen molar-refractivity contribution in [3.05, 3.63) is 29.5 Å². The van der Waals surface area contributed by atoms with Crippen LogP contribution < -0.4 is 4.74 Å². The van der Waals surface area contributed by atoms with Gasteiger partial charge in [0.05, 0.1) is 7.11 Å². The molecule has 3 heteroatoms. The van der Waals surface area contributed by atoms with Crippen LogP contribution in [0.3, 0.4) is 0 Å². The molecule has 1 aliphatic rings. The van der Waals surface area contributed by atoms with E-state index in [-0.39, 0.29) is 11.7 Å². The van der Waals surface area contributed by atoms with Crippen LogP contribution >= 0.6 is 0 Å². The molecule has 0 unspecified atom stereocenters. The van der Waals surface area contributed by atoms with Crippen LogP contribution in [0.2, 0.25) is 0 Å². The molecule has 3 nitrogen and oxygen atoms in total. The summed E-state index contributed by atoms with van der Waals surface area (Å²) < 4.78 is 11.0. The minimum absolute atomic E-state index is 0.154. The number of ether oxygens (including phenoxy) is 1. The Kier molecular flexibility index (Phi) is 3.05. The van der Waals surface area contributed by atoms with Gasteiger partial charge in [0, 0.05) is 22.9 Å². The van der Waals surface area contributed by atoms with E-state index < -0.39 is 0 Å². The normalized spacial score (nSPS) is 16.1. The van der Waals surface area contributed by atoms with Crippen LogP contribution in [0.1, 0.15) is 41.8 Å². The van der Waals surface area contributed by atoms with Crippen molar-refractivity contribution in [3.8, 4) is 5.75 Å². The molecule has 0 spiro atoms. The third-order valence-electron chi connectivity index (χ3n) is 4.10. The van der Waals surface area contributed by atoms with Crippen LogP contribution in [0.4, 0.5) is 0 Å². The Morgan fingerprint density at radius 2 is 2.05 bits per heavy atom. The van der Waals surface area contributed by atoms with E-state index >= 15 is 0 Å². The third-order valence-corrected chi connectivity index (χ3v) is 4.10. The van der Waals surface area contributed by atoms with Crippen LogP contribution in [0.15, 0.2) is 22.6 Å². The Morgan fingerprint density at radius 1 is 1.32 bits per heavy atom. The van der Waals surface area contributed by atoms with Gasteiger partial charge >= 0.3 is 0 Å². The number of rotatable bonds is 3. The Morgan fingerprint density at radius 3 is 2.74 bits per heavy atom. The second-order valence-corrected chi connectivity index (χ2v) is 5.26. The average molecular weight is 258 g/mol. The summed E-state index contributed by atoms with van der Waals surface area (Å²) in [5, 5.41) is 1.00. The Labute approximate surface area is 112 Å². The number of aryl methyl sites for hydroxylation is 1. The van der Waals surface area contributed by atoms with Crippen molar-refractivity contribution in [2.45, 2.75) is 32.6 Å². The van der Waals surface area contributed by atoms with Crippen LogP contribution in [0.25, 0.3) is 11.0 Å². The summed E-state index contributed by atoms with van der Waals surface area (Å²) in [5.74, 6) is 1.61. The highest BCUT2D eigenvalue weighted by molar-refractivity contribution is 6.01. The first-order valence-electron chi connectivity index (χ1n) is 6.82. The molecule has 1 fully saturated rings. The number of benzene rings is 1. The monoisotopic (exact) mass is 258 g/mol. The molecule has 100 valence electrons. The molecular formula is C16H18O3. The molecule has 1 aromatic carbocycles. The fourth-order valence-corrected chi connectivity index (χ4v) is 2.94. The van der Waals surface area contributed by atoms with Crippen molar-refractivity contribution in [1.82, 2.24) is 0 Å². The Hall–Kier alpha value is -1.77. The van der Waals surface area contributed by atoms with E-state index in [9.17, 15) is 4.79 Å². The van der Waals surface area contributed by atoms with Gasteiger partial charge in [0.25, 0.3) is 0 Å². The molecule has 0 aliphatic heterocycles. The van der Waals surface area contributed by atoms with Crippen LogP contribution in [-0.2, 0) is 0 Å². The van der Waals surface area contributed by atoms with E-state index in [0.29, 0.717) is 5.76 Å². The maximum atomic E-state index is 12.5. The molecule has 0 bridgehead atoms. The average Bonchev–Trinajstić information content (AvgIpc) is 3.06. The van der Waals surface area contributed by atoms with Gasteiger partial charge in [0.2, 0.25) is 5.78 Å². The molecule has 19 heavy (non-hydrogen) atoms. The van der Waals surface area contributed by atoms with Crippen molar-refractivity contribution >= 4 is 16.8 Å². The molecule has 1 aliphatic carbocycles. The van der Waals surface area contributed by atoms with E-state index in [1.807, 2.05) is 25.1 Å². The SMILES string of the molecule is COc1ccc2c(C)c(C(=O)C3CCCC3)oc2c1. The summed E-state index contributed by atoms with van der Waals surface area (Å²) in [4.78, 5) is 12.5. The van der Waals surface area contributed by atoms with Gasteiger partial charge < -0.3 is 9.15 Å². The van der Waals surface area contributed by atoms with Crippen LogP contribution in [0, 0.1) is 12.8 Å². The highest BCUT2D eigenvalue weighted by Crippen LogP contribution is 2.33. The molecule has 0 saturated heterocycles. The van der Waals surface area contributed by atoms with E-state index in [1.54, 1.807) is 7.11 Å². The first kappa shape index (κ1) is 12.3. The summed E-state index contributed by atoms with van der Waals surface area (Å²) in [6.07, 6.45) is 4.31. The molecule has 0 radical (unpaired) electrons. The molecular weight excluding hydrogens is 240 g/mol. The molecule has 1 aromatic heterocycles. The highest BCUT2D eigenvalue weighted by atomic mass is 16.5. The number of Topliss-reactive ketones (excluding diaryl/α,β-unsaturated/α-hetero) is 1. The number of carbonyl (C=O) groups is 1. The van der Waals surface area contributed by atoms with Gasteiger partial charge in [-0.3, -0.25) is 4.79 Å². The standard InChI is InChI=1S/C16H18O3/c1-10-13-8-7-12(18-2)9-14(13)19-16(10)15(17)11-5-3-4-6-11/h7-9,11H,3-6H2,1-2H3. The van der Waals surface area contributed by atoms with E-state index in [4.69, 9.17) is 9.15 Å². The lowest BCUT2D eigenvalue weighted by Gasteiger charge is -2.05. The summed E-state index contributed by atoms with van der Waals surface area (Å²) in [7, 11) is 1.63. The van der Waals surface area contributed by atoms with Gasteiger partial charge in [0.15, 0.2) is 5.76 Å². The predicted molar refractivity (Wildman–Crippen MR) is 73.8 cm³/mol. The fourth-order valence-electron chi connectivity index (χ4n) is 2.94. The van der Waals surface area contributed by atoms with Crippen LogP contribution in [-0.4, -0.2) is 12.9 Å². The van der Waals surface area contributed by atoms with Gasteiger partial charge in [-0.15, -0.1) is 0 Å². The molecule has 0 amide bonds. The summed E-state index contributed by atoms with van der Waals surface area (Å²) in [5.41, 5.74) is 1.69. The maximum absolute atomic E-state index is 12.5. The number of fused-ring (bicyclic) bond motifs is 1. The minimum Gasteiger partial charge on any atom is -0.497 e. The van der Waals surface area contributed by atoms with Gasteiger partial charge in [-0.25, -0.2) is 0 Å². The first-order valence-corrected chi connectivity index (χ1v) is 6.82. The molecule has 0 atom stereocenters. The van der Waals surface area contributed by atoms with Crippen molar-refractivity contribution in [1.29, 1.82) is 0 Å². The van der Waals surface area contributed by atoms with E-state index in [1.165, 1.54) is 0 Å². The van der Waals surface area contributed by atoms with Gasteiger partial charge in [-0.1, -0.05) is 12.8 Å². The molecule has 0 N–H and O–H groups in total. The van der Waals surface area contributed by atoms with Gasteiger partial charge in [0.1, 0.15) is 11.3 Å². The van der Waals surface area contributed by atoms with E-state index in [0.717, 1.165) is 48.0 Å². The minimum atomic E-state index is 0.154. The number of hydrogen-bond acceptors (Lipinski definition) is 3. The lowest BCUT2D eigenvalue weighted by atomic mass is 9.98. The van der Waals surface area contributed by atoms with E-state index in [2.05, 4.69) is 0 Å². The van der Waals surface area contributed by atoms with Gasteiger partial charge in [-0.2, -0.15) is 0 Å². The number of methoxy groups -OCH3 is 1. The zero-order valence-electron chi connectivity index (χ0n) is 11.4. The lowest BCUT2D eigenvalue weighted by Crippen LogP contribution is -2.11. The van der Waals surface area contributed by atoms with Gasteiger partial charge in [-0.05, 0) is 31.9 Å². The molecule has 1 heterocycles. The molecule has 1 saturated carbocycles. The van der Waals surface area contributed by atoms with Crippen molar-refractivity contribution in [2.24, 2.45) is 5.92 Å². The zero-order valence-corrected chi connectivity index (χ0v) is 11.4. The Bertz CT molecular complexity index is 618. The second kappa shape index (κ2) is 4.72. The second-order valence-electron chi connectivity index (χ2n) is 5.26. The van der Waals surface area contributed by atoms with Crippen LogP contribution in [0.5, 0.6) is 5.75 Å². The first-order chi connectivity index (χ1) is 9.20. The third kappa shape index (κ3) is 2.03. The van der Waals surface area contributed by atoms with Crippen molar-refractivity contribution in [3.63, 3.8) is 0 Å². The summed E-state index contributed by atoms with van der Waals surface area (Å²) in [6.45, 7) is 1.96. The summed E-state index contributed by atoms with van der Waals surface area (Å²) in [6, 6.07) is 5.70. The smallest absolute Gasteiger partial charge is 0.201 e. The number of carbonyl (C=O) groups excluding carboxylic acids is 1. The zero-order chi connectivity index (χ0) is 13.4. The maximum Gasteiger partial charge on any atom is 0.201 e. The lowest BCUT2D eigenvalue weighted by molar-refractivity contribution is 0.0896. The fraction of sp³-hybridized carbons (Fsp3) is 0.438. The summed E-state index contributed by atoms with van der Waals surface area (Å²) >= 11 is 0. The number of hydrogen-bond donors (Lipinski definition) is 0. The number of furan rings is 1. The molecule has 3 rings (SSSR count). The number of ketones is 1.